The smallest absolute Gasteiger partial charge is 0.0870 e. The Balaban J connectivity index is 3.19. The lowest BCUT2D eigenvalue weighted by Gasteiger charge is -2.18. The van der Waals surface area contributed by atoms with Gasteiger partial charge in [0.2, 0.25) is 0 Å². The zero-order valence-electron chi connectivity index (χ0n) is 14.5. The summed E-state index contributed by atoms with van der Waals surface area (Å²) >= 11 is 0. The van der Waals surface area contributed by atoms with Crippen molar-refractivity contribution in [2.75, 3.05) is 0 Å². The minimum Gasteiger partial charge on any atom is -0.298 e. The van der Waals surface area contributed by atoms with Crippen LogP contribution in [-0.2, 0) is 0 Å². The van der Waals surface area contributed by atoms with Crippen LogP contribution in [0.1, 0.15) is 41.5 Å². The molecule has 2 nitrogen and oxygen atoms in total. The van der Waals surface area contributed by atoms with Crippen molar-refractivity contribution in [1.82, 2.24) is 0 Å². The third-order valence-electron chi connectivity index (χ3n) is 3.39. The van der Waals surface area contributed by atoms with Crippen molar-refractivity contribution in [2.45, 2.75) is 41.5 Å². The molecule has 0 heterocycles. The average molecular weight is 294 g/mol. The van der Waals surface area contributed by atoms with Crippen LogP contribution in [0.3, 0.4) is 0 Å². The fourth-order valence-electron chi connectivity index (χ4n) is 2.02. The second-order valence-electron chi connectivity index (χ2n) is 6.10. The van der Waals surface area contributed by atoms with Gasteiger partial charge in [0.05, 0.1) is 11.4 Å². The van der Waals surface area contributed by atoms with Crippen LogP contribution < -0.4 is 0 Å². The SMILES string of the molecule is CC(C)=C/C=C(\C)C1=CC=C(/C(C)=C/C=C(C)C)C(=N)C1=N. The first-order valence-electron chi connectivity index (χ1n) is 7.48. The Labute approximate surface area is 134 Å². The molecule has 0 unspecified atom stereocenters. The molecule has 1 rings (SSSR count). The minimum absolute atomic E-state index is 0.290. The predicted octanol–water partition coefficient (Wildman–Crippen LogP) is 5.72. The number of rotatable bonds is 4. The van der Waals surface area contributed by atoms with E-state index < -0.39 is 0 Å². The first-order chi connectivity index (χ1) is 10.2. The van der Waals surface area contributed by atoms with Gasteiger partial charge in [-0.2, -0.15) is 0 Å². The van der Waals surface area contributed by atoms with Crippen LogP contribution in [0.5, 0.6) is 0 Å². The molecule has 1 aliphatic carbocycles. The van der Waals surface area contributed by atoms with Gasteiger partial charge in [0.15, 0.2) is 0 Å². The summed E-state index contributed by atoms with van der Waals surface area (Å²) in [5, 5.41) is 16.5. The lowest BCUT2D eigenvalue weighted by atomic mass is 9.87. The largest absolute Gasteiger partial charge is 0.298 e. The van der Waals surface area contributed by atoms with Crippen LogP contribution in [0, 0.1) is 10.8 Å². The lowest BCUT2D eigenvalue weighted by Crippen LogP contribution is -2.21. The standard InChI is InChI=1S/C20H26N2/c1-13(2)7-9-15(5)17-11-12-18(20(22)19(17)21)16(6)10-8-14(3)4/h7-12,21-22H,1-6H3/b15-9+,16-10+,21-19?,22-20?. The van der Waals surface area contributed by atoms with E-state index in [1.54, 1.807) is 0 Å². The van der Waals surface area contributed by atoms with Crippen molar-refractivity contribution in [3.8, 4) is 0 Å². The third-order valence-corrected chi connectivity index (χ3v) is 3.39. The summed E-state index contributed by atoms with van der Waals surface area (Å²) in [5.41, 5.74) is 6.68. The van der Waals surface area contributed by atoms with Crippen LogP contribution in [0.2, 0.25) is 0 Å². The normalized spacial score (nSPS) is 16.1. The molecule has 2 N–H and O–H groups in total. The van der Waals surface area contributed by atoms with Crippen LogP contribution >= 0.6 is 0 Å². The van der Waals surface area contributed by atoms with Gasteiger partial charge in [0.1, 0.15) is 0 Å². The quantitative estimate of drug-likeness (QED) is 0.492. The molecular weight excluding hydrogens is 268 g/mol. The van der Waals surface area contributed by atoms with Crippen LogP contribution in [0.4, 0.5) is 0 Å². The molecule has 1 aliphatic rings. The maximum Gasteiger partial charge on any atom is 0.0870 e. The van der Waals surface area contributed by atoms with E-state index >= 15 is 0 Å². The predicted molar refractivity (Wildman–Crippen MR) is 98.0 cm³/mol. The second kappa shape index (κ2) is 7.69. The number of hydrogen-bond acceptors (Lipinski definition) is 2. The number of hydrogen-bond donors (Lipinski definition) is 2. The molecule has 0 aromatic heterocycles. The molecule has 0 radical (unpaired) electrons. The lowest BCUT2D eigenvalue weighted by molar-refractivity contribution is 1.34. The average Bonchev–Trinajstić information content (AvgIpc) is 2.44. The molecular formula is C20H26N2. The Morgan fingerprint density at radius 2 is 0.955 bits per heavy atom. The van der Waals surface area contributed by atoms with Crippen molar-refractivity contribution in [1.29, 1.82) is 10.8 Å². The maximum atomic E-state index is 8.27. The number of nitrogens with one attached hydrogen (secondary N) is 2. The van der Waals surface area contributed by atoms with E-state index in [4.69, 9.17) is 10.8 Å². The van der Waals surface area contributed by atoms with Crippen molar-refractivity contribution < 1.29 is 0 Å². The molecule has 0 bridgehead atoms. The summed E-state index contributed by atoms with van der Waals surface area (Å²) in [5.74, 6) is 0. The summed E-state index contributed by atoms with van der Waals surface area (Å²) < 4.78 is 0. The Kier molecular flexibility index (Phi) is 6.24. The topological polar surface area (TPSA) is 47.7 Å². The van der Waals surface area contributed by atoms with E-state index in [1.807, 2.05) is 78.0 Å². The summed E-state index contributed by atoms with van der Waals surface area (Å²) in [4.78, 5) is 0. The summed E-state index contributed by atoms with van der Waals surface area (Å²) in [7, 11) is 0. The minimum atomic E-state index is 0.290. The van der Waals surface area contributed by atoms with E-state index in [9.17, 15) is 0 Å². The fourth-order valence-corrected chi connectivity index (χ4v) is 2.02. The summed E-state index contributed by atoms with van der Waals surface area (Å²) in [6.45, 7) is 12.1. The van der Waals surface area contributed by atoms with E-state index in [2.05, 4.69) is 0 Å². The first kappa shape index (κ1) is 17.8. The maximum absolute atomic E-state index is 8.27. The molecule has 116 valence electrons. The molecule has 0 saturated heterocycles. The monoisotopic (exact) mass is 294 g/mol. The van der Waals surface area contributed by atoms with Crippen LogP contribution in [-0.4, -0.2) is 11.4 Å². The highest BCUT2D eigenvalue weighted by Gasteiger charge is 2.20. The van der Waals surface area contributed by atoms with E-state index in [0.29, 0.717) is 11.4 Å². The molecule has 0 aliphatic heterocycles. The summed E-state index contributed by atoms with van der Waals surface area (Å²) in [6, 6.07) is 0. The van der Waals surface area contributed by atoms with Crippen LogP contribution in [0.25, 0.3) is 0 Å². The van der Waals surface area contributed by atoms with Gasteiger partial charge in [0.25, 0.3) is 0 Å². The van der Waals surface area contributed by atoms with Gasteiger partial charge in [-0.25, -0.2) is 0 Å². The highest BCUT2D eigenvalue weighted by Crippen LogP contribution is 2.23. The highest BCUT2D eigenvalue weighted by molar-refractivity contribution is 6.53. The van der Waals surface area contributed by atoms with Gasteiger partial charge >= 0.3 is 0 Å². The highest BCUT2D eigenvalue weighted by atomic mass is 14.5. The number of allylic oxidation sites excluding steroid dienone is 12. The molecule has 0 aromatic rings. The molecule has 22 heavy (non-hydrogen) atoms. The van der Waals surface area contributed by atoms with Gasteiger partial charge in [0, 0.05) is 11.1 Å². The molecule has 2 heteroatoms. The van der Waals surface area contributed by atoms with Gasteiger partial charge in [-0.3, -0.25) is 10.8 Å². The second-order valence-corrected chi connectivity index (χ2v) is 6.10. The van der Waals surface area contributed by atoms with Crippen molar-refractivity contribution in [3.05, 3.63) is 69.9 Å². The van der Waals surface area contributed by atoms with Crippen LogP contribution in [0.15, 0.2) is 69.9 Å². The van der Waals surface area contributed by atoms with E-state index in [0.717, 1.165) is 22.3 Å². The summed E-state index contributed by atoms with van der Waals surface area (Å²) in [6.07, 6.45) is 12.0. The fraction of sp³-hybridized carbons (Fsp3) is 0.300. The zero-order chi connectivity index (χ0) is 16.9. The Bertz CT molecular complexity index is 606. The molecule has 0 aromatic carbocycles. The molecule has 0 amide bonds. The Morgan fingerprint density at radius 3 is 1.23 bits per heavy atom. The molecule has 0 spiro atoms. The van der Waals surface area contributed by atoms with Gasteiger partial charge < -0.3 is 0 Å². The van der Waals surface area contributed by atoms with E-state index in [1.165, 1.54) is 11.1 Å². The van der Waals surface area contributed by atoms with E-state index in [-0.39, 0.29) is 0 Å². The third kappa shape index (κ3) is 4.66. The van der Waals surface area contributed by atoms with Gasteiger partial charge in [-0.05, 0) is 52.7 Å². The van der Waals surface area contributed by atoms with Crippen molar-refractivity contribution in [2.24, 2.45) is 0 Å². The Hall–Kier alpha value is -2.22. The zero-order valence-corrected chi connectivity index (χ0v) is 14.5. The molecule has 0 fully saturated rings. The van der Waals surface area contributed by atoms with Crippen molar-refractivity contribution in [3.63, 3.8) is 0 Å². The molecule has 0 atom stereocenters. The van der Waals surface area contributed by atoms with Crippen molar-refractivity contribution >= 4 is 11.4 Å². The molecule has 0 saturated carbocycles. The Morgan fingerprint density at radius 1 is 0.636 bits per heavy atom. The van der Waals surface area contributed by atoms with Gasteiger partial charge in [-0.1, -0.05) is 47.6 Å². The van der Waals surface area contributed by atoms with Gasteiger partial charge in [-0.15, -0.1) is 0 Å². The first-order valence-corrected chi connectivity index (χ1v) is 7.48.